The summed E-state index contributed by atoms with van der Waals surface area (Å²) in [4.78, 5) is 14.0. The molecule has 1 rings (SSSR count). The second kappa shape index (κ2) is 7.12. The molecule has 0 bridgehead atoms. The maximum Gasteiger partial charge on any atom is 0.253 e. The number of hydrogen-bond donors (Lipinski definition) is 0. The molecule has 0 aliphatic rings. The summed E-state index contributed by atoms with van der Waals surface area (Å²) in [5.74, 6) is -0.00952. The number of methoxy groups -OCH3 is 1. The van der Waals surface area contributed by atoms with Crippen LogP contribution in [0.5, 0.6) is 0 Å². The van der Waals surface area contributed by atoms with E-state index in [0.717, 1.165) is 5.56 Å². The van der Waals surface area contributed by atoms with Crippen molar-refractivity contribution in [1.29, 1.82) is 0 Å². The average Bonchev–Trinajstić information content (AvgIpc) is 2.28. The minimum atomic E-state index is -0.00952. The van der Waals surface area contributed by atoms with E-state index in [0.29, 0.717) is 23.7 Å². The van der Waals surface area contributed by atoms with Crippen LogP contribution < -0.4 is 0 Å². The second-order valence-electron chi connectivity index (χ2n) is 4.20. The van der Waals surface area contributed by atoms with Gasteiger partial charge in [0, 0.05) is 31.3 Å². The molecular weight excluding hydrogens is 318 g/mol. The molecule has 18 heavy (non-hydrogen) atoms. The third-order valence-electron chi connectivity index (χ3n) is 2.59. The van der Waals surface area contributed by atoms with E-state index in [2.05, 4.69) is 15.9 Å². The van der Waals surface area contributed by atoms with Gasteiger partial charge in [-0.15, -0.1) is 0 Å². The van der Waals surface area contributed by atoms with E-state index in [1.54, 1.807) is 37.3 Å². The van der Waals surface area contributed by atoms with Gasteiger partial charge in [0.15, 0.2) is 0 Å². The smallest absolute Gasteiger partial charge is 0.253 e. The van der Waals surface area contributed by atoms with Crippen LogP contribution in [0.3, 0.4) is 0 Å². The van der Waals surface area contributed by atoms with Crippen molar-refractivity contribution >= 4 is 33.4 Å². The summed E-state index contributed by atoms with van der Waals surface area (Å²) in [7, 11) is 3.42. The Morgan fingerprint density at radius 1 is 1.56 bits per heavy atom. The molecule has 0 N–H and O–H groups in total. The summed E-state index contributed by atoms with van der Waals surface area (Å²) < 4.78 is 5.03. The summed E-state index contributed by atoms with van der Waals surface area (Å²) in [6.45, 7) is 3.04. The van der Waals surface area contributed by atoms with Crippen LogP contribution in [0.1, 0.15) is 15.9 Å². The number of benzene rings is 1. The van der Waals surface area contributed by atoms with E-state index in [1.165, 1.54) is 0 Å². The Kier molecular flexibility index (Phi) is 6.12. The van der Waals surface area contributed by atoms with E-state index < -0.39 is 0 Å². The maximum absolute atomic E-state index is 12.2. The highest BCUT2D eigenvalue weighted by atomic mass is 79.9. The minimum Gasteiger partial charge on any atom is -0.383 e. The van der Waals surface area contributed by atoms with Crippen LogP contribution in [-0.2, 0) is 4.74 Å². The van der Waals surface area contributed by atoms with Gasteiger partial charge in [-0.3, -0.25) is 4.79 Å². The van der Waals surface area contributed by atoms with Crippen molar-refractivity contribution in [2.75, 3.05) is 27.3 Å². The molecule has 5 heteroatoms. The molecule has 0 spiro atoms. The molecule has 1 aromatic carbocycles. The zero-order valence-corrected chi connectivity index (χ0v) is 13.1. The van der Waals surface area contributed by atoms with Gasteiger partial charge in [-0.25, -0.2) is 0 Å². The first kappa shape index (κ1) is 15.5. The summed E-state index contributed by atoms with van der Waals surface area (Å²) in [5, 5.41) is 0.643. The number of halogens is 2. The highest BCUT2D eigenvalue weighted by Crippen LogP contribution is 2.17. The number of nitrogens with zero attached hydrogens (tertiary/aromatic N) is 1. The summed E-state index contributed by atoms with van der Waals surface area (Å²) in [6.07, 6.45) is 0. The zero-order valence-electron chi connectivity index (χ0n) is 10.7. The van der Waals surface area contributed by atoms with Crippen molar-refractivity contribution < 1.29 is 9.53 Å². The van der Waals surface area contributed by atoms with Crippen LogP contribution in [0.2, 0.25) is 5.02 Å². The lowest BCUT2D eigenvalue weighted by Crippen LogP contribution is -2.34. The summed E-state index contributed by atoms with van der Waals surface area (Å²) >= 11 is 9.35. The van der Waals surface area contributed by atoms with Crippen molar-refractivity contribution in [1.82, 2.24) is 4.90 Å². The van der Waals surface area contributed by atoms with Crippen LogP contribution >= 0.6 is 27.5 Å². The van der Waals surface area contributed by atoms with Crippen molar-refractivity contribution in [3.05, 3.63) is 34.3 Å². The fourth-order valence-corrected chi connectivity index (χ4v) is 2.61. The van der Waals surface area contributed by atoms with Crippen molar-refractivity contribution in [2.24, 2.45) is 0 Å². The number of hydrogen-bond acceptors (Lipinski definition) is 2. The molecule has 0 aromatic heterocycles. The second-order valence-corrected chi connectivity index (χ2v) is 5.93. The average molecular weight is 335 g/mol. The van der Waals surface area contributed by atoms with Crippen molar-refractivity contribution in [3.63, 3.8) is 0 Å². The largest absolute Gasteiger partial charge is 0.383 e. The highest BCUT2D eigenvalue weighted by Gasteiger charge is 2.17. The van der Waals surface area contributed by atoms with Gasteiger partial charge in [0.1, 0.15) is 0 Å². The molecule has 3 nitrogen and oxygen atoms in total. The summed E-state index contributed by atoms with van der Waals surface area (Å²) in [6, 6.07) is 5.29. The van der Waals surface area contributed by atoms with E-state index in [4.69, 9.17) is 16.3 Å². The van der Waals surface area contributed by atoms with Crippen LogP contribution in [0.25, 0.3) is 0 Å². The molecule has 1 aromatic rings. The first-order chi connectivity index (χ1) is 8.45. The Balaban J connectivity index is 2.74. The molecule has 0 saturated carbocycles. The van der Waals surface area contributed by atoms with Crippen LogP contribution in [0.15, 0.2) is 18.2 Å². The first-order valence-corrected chi connectivity index (χ1v) is 6.89. The fourth-order valence-electron chi connectivity index (χ4n) is 1.69. The predicted octanol–water partition coefficient (Wildman–Crippen LogP) is 3.13. The molecule has 0 saturated heterocycles. The van der Waals surface area contributed by atoms with Gasteiger partial charge in [0.25, 0.3) is 5.91 Å². The number of aryl methyl sites for hydroxylation is 1. The third kappa shape index (κ3) is 4.26. The molecule has 0 radical (unpaired) electrons. The monoisotopic (exact) mass is 333 g/mol. The fraction of sp³-hybridized carbons (Fsp3) is 0.462. The Hall–Kier alpha value is -0.580. The standard InChI is InChI=1S/C13H17BrClNO2/c1-9-6-11(15)4-5-12(9)13(17)16(2)7-10(14)8-18-3/h4-6,10H,7-8H2,1-3H3. The summed E-state index contributed by atoms with van der Waals surface area (Å²) in [5.41, 5.74) is 1.57. The normalized spacial score (nSPS) is 12.3. The molecule has 1 amide bonds. The Bertz CT molecular complexity index is 425. The topological polar surface area (TPSA) is 29.5 Å². The SMILES string of the molecule is COCC(Br)CN(C)C(=O)c1ccc(Cl)cc1C. The zero-order chi connectivity index (χ0) is 13.7. The lowest BCUT2D eigenvalue weighted by molar-refractivity contribution is 0.0783. The molecule has 1 unspecified atom stereocenters. The van der Waals surface area contributed by atoms with Gasteiger partial charge < -0.3 is 9.64 Å². The van der Waals surface area contributed by atoms with Gasteiger partial charge in [-0.1, -0.05) is 27.5 Å². The molecule has 1 atom stereocenters. The molecule has 0 aliphatic heterocycles. The maximum atomic E-state index is 12.2. The van der Waals surface area contributed by atoms with E-state index in [9.17, 15) is 4.79 Å². The van der Waals surface area contributed by atoms with Crippen LogP contribution in [0.4, 0.5) is 0 Å². The quantitative estimate of drug-likeness (QED) is 0.774. The van der Waals surface area contributed by atoms with Gasteiger partial charge in [-0.2, -0.15) is 0 Å². The van der Waals surface area contributed by atoms with E-state index in [1.807, 2.05) is 6.92 Å². The van der Waals surface area contributed by atoms with Crippen LogP contribution in [0, 0.1) is 6.92 Å². The molecule has 100 valence electrons. The van der Waals surface area contributed by atoms with E-state index >= 15 is 0 Å². The number of ether oxygens (including phenoxy) is 1. The number of amides is 1. The number of carbonyl (C=O) groups is 1. The molecule has 0 fully saturated rings. The molecule has 0 aliphatic carbocycles. The van der Waals surface area contributed by atoms with Crippen molar-refractivity contribution in [3.8, 4) is 0 Å². The van der Waals surface area contributed by atoms with Gasteiger partial charge >= 0.3 is 0 Å². The first-order valence-electron chi connectivity index (χ1n) is 5.60. The highest BCUT2D eigenvalue weighted by molar-refractivity contribution is 9.09. The third-order valence-corrected chi connectivity index (χ3v) is 3.37. The van der Waals surface area contributed by atoms with Gasteiger partial charge in [-0.05, 0) is 30.7 Å². The lowest BCUT2D eigenvalue weighted by Gasteiger charge is -2.21. The Morgan fingerprint density at radius 2 is 2.22 bits per heavy atom. The number of carbonyl (C=O) groups excluding carboxylic acids is 1. The van der Waals surface area contributed by atoms with Crippen molar-refractivity contribution in [2.45, 2.75) is 11.8 Å². The number of rotatable bonds is 5. The Labute approximate surface area is 121 Å². The van der Waals surface area contributed by atoms with Crippen LogP contribution in [-0.4, -0.2) is 42.9 Å². The molecular formula is C13H17BrClNO2. The number of alkyl halides is 1. The molecule has 0 heterocycles. The lowest BCUT2D eigenvalue weighted by atomic mass is 10.1. The Morgan fingerprint density at radius 3 is 2.78 bits per heavy atom. The predicted molar refractivity (Wildman–Crippen MR) is 77.7 cm³/mol. The van der Waals surface area contributed by atoms with Gasteiger partial charge in [0.2, 0.25) is 0 Å². The minimum absolute atomic E-state index is 0.00952. The van der Waals surface area contributed by atoms with Gasteiger partial charge in [0.05, 0.1) is 11.4 Å². The van der Waals surface area contributed by atoms with E-state index in [-0.39, 0.29) is 10.7 Å².